The minimum absolute atomic E-state index is 0.464. The quantitative estimate of drug-likeness (QED) is 0.316. The van der Waals surface area contributed by atoms with Crippen LogP contribution in [-0.4, -0.2) is 0 Å². The fourth-order valence-corrected chi connectivity index (χ4v) is 3.08. The van der Waals surface area contributed by atoms with Crippen LogP contribution in [0, 0.1) is 18.3 Å². The summed E-state index contributed by atoms with van der Waals surface area (Å²) in [5, 5.41) is 10.2. The predicted octanol–water partition coefficient (Wildman–Crippen LogP) is 7.05. The van der Waals surface area contributed by atoms with Gasteiger partial charge in [0.05, 0.1) is 11.6 Å². The van der Waals surface area contributed by atoms with Crippen LogP contribution in [0.4, 0.5) is 0 Å². The maximum absolute atomic E-state index is 9.60. The Balaban J connectivity index is 1.89. The molecule has 0 spiro atoms. The Kier molecular flexibility index (Phi) is 6.34. The highest BCUT2D eigenvalue weighted by Gasteiger charge is 2.07. The Hall–Kier alpha value is -2.54. The molecule has 0 saturated heterocycles. The van der Waals surface area contributed by atoms with Gasteiger partial charge in [0.25, 0.3) is 0 Å². The third kappa shape index (κ3) is 5.23. The second-order valence-corrected chi connectivity index (χ2v) is 7.49. The van der Waals surface area contributed by atoms with E-state index >= 15 is 0 Å². The van der Waals surface area contributed by atoms with Crippen molar-refractivity contribution >= 4 is 39.2 Å². The van der Waals surface area contributed by atoms with E-state index in [0.717, 1.165) is 26.9 Å². The molecule has 0 atom stereocenters. The molecule has 0 N–H and O–H groups in total. The summed E-state index contributed by atoms with van der Waals surface area (Å²) in [5.74, 6) is 0.723. The van der Waals surface area contributed by atoms with Gasteiger partial charge in [-0.2, -0.15) is 5.26 Å². The number of allylic oxidation sites excluding steroid dienone is 1. The molecular formula is C23H17BrClNO. The molecule has 0 amide bonds. The molecule has 0 fully saturated rings. The Bertz CT molecular complexity index is 1000. The Morgan fingerprint density at radius 2 is 1.78 bits per heavy atom. The molecular weight excluding hydrogens is 422 g/mol. The van der Waals surface area contributed by atoms with E-state index in [4.69, 9.17) is 16.3 Å². The summed E-state index contributed by atoms with van der Waals surface area (Å²) in [4.78, 5) is 0. The van der Waals surface area contributed by atoms with Crippen LogP contribution in [0.15, 0.2) is 71.2 Å². The van der Waals surface area contributed by atoms with Crippen LogP contribution in [0.25, 0.3) is 11.6 Å². The Morgan fingerprint density at radius 1 is 1.07 bits per heavy atom. The van der Waals surface area contributed by atoms with Crippen molar-refractivity contribution in [1.29, 1.82) is 5.26 Å². The number of rotatable bonds is 5. The maximum atomic E-state index is 9.60. The van der Waals surface area contributed by atoms with Gasteiger partial charge in [0.1, 0.15) is 12.4 Å². The van der Waals surface area contributed by atoms with Crippen LogP contribution in [0.3, 0.4) is 0 Å². The zero-order valence-electron chi connectivity index (χ0n) is 14.7. The molecule has 4 heteroatoms. The van der Waals surface area contributed by atoms with E-state index in [1.54, 1.807) is 12.1 Å². The molecule has 0 bridgehead atoms. The van der Waals surface area contributed by atoms with Crippen molar-refractivity contribution in [1.82, 2.24) is 0 Å². The zero-order chi connectivity index (χ0) is 19.2. The van der Waals surface area contributed by atoms with E-state index in [2.05, 4.69) is 53.2 Å². The minimum Gasteiger partial charge on any atom is -0.488 e. The lowest BCUT2D eigenvalue weighted by Gasteiger charge is -2.11. The highest BCUT2D eigenvalue weighted by Crippen LogP contribution is 2.29. The molecule has 0 saturated carbocycles. The van der Waals surface area contributed by atoms with Gasteiger partial charge in [-0.15, -0.1) is 0 Å². The first kappa shape index (κ1) is 19.2. The summed E-state index contributed by atoms with van der Waals surface area (Å²) in [6.45, 7) is 2.52. The molecule has 3 rings (SSSR count). The highest BCUT2D eigenvalue weighted by atomic mass is 79.9. The molecule has 0 aliphatic rings. The normalized spacial score (nSPS) is 11.1. The number of benzene rings is 3. The van der Waals surface area contributed by atoms with E-state index in [0.29, 0.717) is 17.2 Å². The van der Waals surface area contributed by atoms with Gasteiger partial charge in [-0.3, -0.25) is 0 Å². The van der Waals surface area contributed by atoms with E-state index in [1.165, 1.54) is 5.56 Å². The minimum atomic E-state index is 0.464. The highest BCUT2D eigenvalue weighted by molar-refractivity contribution is 9.10. The number of ether oxygens (including phenoxy) is 1. The number of aryl methyl sites for hydroxylation is 1. The maximum Gasteiger partial charge on any atom is 0.127 e. The second-order valence-electron chi connectivity index (χ2n) is 6.13. The third-order valence-corrected chi connectivity index (χ3v) is 4.81. The van der Waals surface area contributed by atoms with Crippen molar-refractivity contribution in [2.45, 2.75) is 13.5 Å². The number of hydrogen-bond acceptors (Lipinski definition) is 2. The summed E-state index contributed by atoms with van der Waals surface area (Å²) in [7, 11) is 0. The smallest absolute Gasteiger partial charge is 0.127 e. The number of hydrogen-bond donors (Lipinski definition) is 0. The van der Waals surface area contributed by atoms with Crippen LogP contribution in [0.1, 0.15) is 22.3 Å². The van der Waals surface area contributed by atoms with Crippen molar-refractivity contribution in [2.75, 3.05) is 0 Å². The third-order valence-electron chi connectivity index (χ3n) is 4.06. The van der Waals surface area contributed by atoms with Gasteiger partial charge in [0, 0.05) is 15.1 Å². The number of nitrogens with zero attached hydrogens (tertiary/aromatic N) is 1. The molecule has 0 aliphatic carbocycles. The Labute approximate surface area is 172 Å². The fourth-order valence-electron chi connectivity index (χ4n) is 2.57. The van der Waals surface area contributed by atoms with Crippen LogP contribution in [0.5, 0.6) is 5.75 Å². The van der Waals surface area contributed by atoms with Gasteiger partial charge in [0.15, 0.2) is 0 Å². The monoisotopic (exact) mass is 437 g/mol. The zero-order valence-corrected chi connectivity index (χ0v) is 17.1. The first-order valence-electron chi connectivity index (χ1n) is 8.41. The fraction of sp³-hybridized carbons (Fsp3) is 0.0870. The average Bonchev–Trinajstić information content (AvgIpc) is 2.67. The summed E-state index contributed by atoms with van der Waals surface area (Å²) in [5.41, 5.74) is 4.50. The molecule has 0 aliphatic heterocycles. The van der Waals surface area contributed by atoms with Gasteiger partial charge in [-0.1, -0.05) is 69.5 Å². The van der Waals surface area contributed by atoms with Crippen LogP contribution < -0.4 is 4.74 Å². The molecule has 27 heavy (non-hydrogen) atoms. The van der Waals surface area contributed by atoms with Gasteiger partial charge < -0.3 is 4.74 Å². The van der Waals surface area contributed by atoms with Crippen molar-refractivity contribution in [3.05, 3.63) is 98.5 Å². The lowest BCUT2D eigenvalue weighted by atomic mass is 10.0. The molecule has 3 aromatic carbocycles. The van der Waals surface area contributed by atoms with Gasteiger partial charge in [0.2, 0.25) is 0 Å². The largest absolute Gasteiger partial charge is 0.488 e. The van der Waals surface area contributed by atoms with Gasteiger partial charge in [-0.05, 0) is 54.5 Å². The Morgan fingerprint density at radius 3 is 2.44 bits per heavy atom. The molecule has 0 aromatic heterocycles. The van der Waals surface area contributed by atoms with Crippen LogP contribution >= 0.6 is 27.5 Å². The van der Waals surface area contributed by atoms with E-state index in [9.17, 15) is 5.26 Å². The van der Waals surface area contributed by atoms with E-state index in [1.807, 2.05) is 36.4 Å². The SMILES string of the molecule is Cc1ccc(COc2ccc(Br)cc2/C=C(\C#N)c2ccc(Cl)cc2)cc1. The van der Waals surface area contributed by atoms with Crippen LogP contribution in [-0.2, 0) is 6.61 Å². The molecule has 0 unspecified atom stereocenters. The lowest BCUT2D eigenvalue weighted by Crippen LogP contribution is -1.97. The van der Waals surface area contributed by atoms with Gasteiger partial charge >= 0.3 is 0 Å². The van der Waals surface area contributed by atoms with E-state index in [-0.39, 0.29) is 0 Å². The number of nitriles is 1. The summed E-state index contributed by atoms with van der Waals surface area (Å²) < 4.78 is 6.94. The molecule has 0 heterocycles. The van der Waals surface area contributed by atoms with Crippen LogP contribution in [0.2, 0.25) is 5.02 Å². The van der Waals surface area contributed by atoms with Crippen molar-refractivity contribution in [2.24, 2.45) is 0 Å². The number of halogens is 2. The van der Waals surface area contributed by atoms with Crippen molar-refractivity contribution in [3.63, 3.8) is 0 Å². The lowest BCUT2D eigenvalue weighted by molar-refractivity contribution is 0.305. The summed E-state index contributed by atoms with van der Waals surface area (Å²) >= 11 is 9.44. The van der Waals surface area contributed by atoms with E-state index < -0.39 is 0 Å². The molecule has 134 valence electrons. The average molecular weight is 439 g/mol. The van der Waals surface area contributed by atoms with Gasteiger partial charge in [-0.25, -0.2) is 0 Å². The topological polar surface area (TPSA) is 33.0 Å². The molecule has 0 radical (unpaired) electrons. The standard InChI is InChI=1S/C23H17BrClNO/c1-16-2-4-17(5-3-16)15-27-23-11-8-21(24)13-19(23)12-20(14-26)18-6-9-22(25)10-7-18/h2-13H,15H2,1H3/b20-12+. The molecule has 2 nitrogen and oxygen atoms in total. The molecule has 3 aromatic rings. The summed E-state index contributed by atoms with van der Waals surface area (Å²) in [6.07, 6.45) is 1.83. The first-order chi connectivity index (χ1) is 13.0. The second kappa shape index (κ2) is 8.90. The van der Waals surface area contributed by atoms with Crippen molar-refractivity contribution < 1.29 is 4.74 Å². The van der Waals surface area contributed by atoms with Crippen molar-refractivity contribution in [3.8, 4) is 11.8 Å². The first-order valence-corrected chi connectivity index (χ1v) is 9.58. The summed E-state index contributed by atoms with van der Waals surface area (Å²) in [6, 6.07) is 23.5. The predicted molar refractivity (Wildman–Crippen MR) is 115 cm³/mol.